The van der Waals surface area contributed by atoms with Crippen LogP contribution in [0.4, 0.5) is 0 Å². The second-order valence-electron chi connectivity index (χ2n) is 23.0. The van der Waals surface area contributed by atoms with Gasteiger partial charge in [-0.05, 0) is 96.3 Å². The highest BCUT2D eigenvalue weighted by atomic mass is 16.6. The summed E-state index contributed by atoms with van der Waals surface area (Å²) in [6, 6.07) is 0. The van der Waals surface area contributed by atoms with Crippen LogP contribution in [-0.2, 0) is 28.6 Å². The number of unbranched alkanes of at least 4 members (excludes halogenated alkanes) is 34. The molecule has 0 amide bonds. The third-order valence-corrected chi connectivity index (χ3v) is 15.0. The van der Waals surface area contributed by atoms with E-state index in [4.69, 9.17) is 14.2 Å². The van der Waals surface area contributed by atoms with Crippen LogP contribution < -0.4 is 0 Å². The van der Waals surface area contributed by atoms with E-state index in [1.165, 1.54) is 186 Å². The fourth-order valence-corrected chi connectivity index (χ4v) is 9.88. The molecule has 0 aromatic carbocycles. The third kappa shape index (κ3) is 66.9. The summed E-state index contributed by atoms with van der Waals surface area (Å²) < 4.78 is 16.9. The molecule has 0 bridgehead atoms. The maximum atomic E-state index is 13.0. The minimum absolute atomic E-state index is 0.0947. The van der Waals surface area contributed by atoms with E-state index in [2.05, 4.69) is 130 Å². The zero-order chi connectivity index (χ0) is 59.2. The molecular formula is C76H130O6. The Morgan fingerprint density at radius 2 is 0.488 bits per heavy atom. The van der Waals surface area contributed by atoms with Crippen LogP contribution in [0.1, 0.15) is 335 Å². The van der Waals surface area contributed by atoms with Gasteiger partial charge >= 0.3 is 17.9 Å². The summed E-state index contributed by atoms with van der Waals surface area (Å²) in [4.78, 5) is 38.4. The molecule has 0 spiro atoms. The lowest BCUT2D eigenvalue weighted by Gasteiger charge is -2.18. The highest BCUT2D eigenvalue weighted by Gasteiger charge is 2.19. The van der Waals surface area contributed by atoms with Gasteiger partial charge in [0.25, 0.3) is 0 Å². The van der Waals surface area contributed by atoms with E-state index in [1.807, 2.05) is 0 Å². The van der Waals surface area contributed by atoms with E-state index >= 15 is 0 Å². The lowest BCUT2D eigenvalue weighted by molar-refractivity contribution is -0.167. The van der Waals surface area contributed by atoms with Crippen molar-refractivity contribution >= 4 is 17.9 Å². The molecule has 0 aliphatic carbocycles. The molecule has 6 heteroatoms. The second kappa shape index (κ2) is 69.6. The maximum Gasteiger partial charge on any atom is 0.306 e. The molecule has 0 rings (SSSR count). The van der Waals surface area contributed by atoms with Crippen molar-refractivity contribution in [2.45, 2.75) is 341 Å². The van der Waals surface area contributed by atoms with Crippen LogP contribution >= 0.6 is 0 Å². The molecule has 0 aromatic rings. The Bertz CT molecular complexity index is 1640. The fourth-order valence-electron chi connectivity index (χ4n) is 9.88. The van der Waals surface area contributed by atoms with E-state index in [0.29, 0.717) is 19.3 Å². The number of hydrogen-bond donors (Lipinski definition) is 0. The van der Waals surface area contributed by atoms with Crippen molar-refractivity contribution in [3.63, 3.8) is 0 Å². The van der Waals surface area contributed by atoms with Gasteiger partial charge in [0.1, 0.15) is 13.2 Å². The van der Waals surface area contributed by atoms with Crippen molar-refractivity contribution in [1.29, 1.82) is 0 Å². The summed E-state index contributed by atoms with van der Waals surface area (Å²) in [6.07, 6.45) is 95.5. The van der Waals surface area contributed by atoms with Crippen molar-refractivity contribution in [1.82, 2.24) is 0 Å². The summed E-state index contributed by atoms with van der Waals surface area (Å²) >= 11 is 0. The van der Waals surface area contributed by atoms with Crippen molar-refractivity contribution in [3.05, 3.63) is 109 Å². The minimum Gasteiger partial charge on any atom is -0.462 e. The number of hydrogen-bond acceptors (Lipinski definition) is 6. The molecule has 1 unspecified atom stereocenters. The second-order valence-corrected chi connectivity index (χ2v) is 23.0. The molecule has 0 N–H and O–H groups in total. The number of esters is 3. The average Bonchev–Trinajstić information content (AvgIpc) is 3.47. The van der Waals surface area contributed by atoms with Gasteiger partial charge < -0.3 is 14.2 Å². The summed E-state index contributed by atoms with van der Waals surface area (Å²) in [5.41, 5.74) is 0. The number of ether oxygens (including phenoxy) is 3. The number of carbonyl (C=O) groups excluding carboxylic acids is 3. The van der Waals surface area contributed by atoms with Gasteiger partial charge in [-0.1, -0.05) is 329 Å². The molecule has 0 aliphatic heterocycles. The zero-order valence-corrected chi connectivity index (χ0v) is 54.0. The monoisotopic (exact) mass is 1140 g/mol. The SMILES string of the molecule is CC/C=C\C/C=C\C/C=C\C/C=C\C/C=C\CCCC(=O)OCC(COC(=O)CCCCCCCCCCCCCC/C=C\C/C=C\C/C=C\C/C=C\CC)OC(=O)CCCCCCCCCCCCCCCCCCCCCCCC. The first kappa shape index (κ1) is 78.1. The van der Waals surface area contributed by atoms with Crippen molar-refractivity contribution < 1.29 is 28.6 Å². The smallest absolute Gasteiger partial charge is 0.306 e. The summed E-state index contributed by atoms with van der Waals surface area (Å²) in [5, 5.41) is 0. The Kier molecular flexibility index (Phi) is 66.2. The largest absolute Gasteiger partial charge is 0.462 e. The number of carbonyl (C=O) groups is 3. The van der Waals surface area contributed by atoms with Crippen LogP contribution in [0.5, 0.6) is 0 Å². The van der Waals surface area contributed by atoms with Gasteiger partial charge in [-0.3, -0.25) is 14.4 Å². The predicted molar refractivity (Wildman–Crippen MR) is 357 cm³/mol. The molecule has 0 saturated heterocycles. The van der Waals surface area contributed by atoms with Crippen LogP contribution in [0.15, 0.2) is 109 Å². The van der Waals surface area contributed by atoms with Gasteiger partial charge in [-0.25, -0.2) is 0 Å². The van der Waals surface area contributed by atoms with Gasteiger partial charge in [0.15, 0.2) is 6.10 Å². The van der Waals surface area contributed by atoms with Crippen LogP contribution in [0.25, 0.3) is 0 Å². The molecule has 0 fully saturated rings. The Hall–Kier alpha value is -3.93. The van der Waals surface area contributed by atoms with E-state index in [1.54, 1.807) is 0 Å². The van der Waals surface area contributed by atoms with E-state index in [0.717, 1.165) is 103 Å². The van der Waals surface area contributed by atoms with Gasteiger partial charge in [-0.2, -0.15) is 0 Å². The van der Waals surface area contributed by atoms with Crippen LogP contribution in [0, 0.1) is 0 Å². The summed E-state index contributed by atoms with van der Waals surface area (Å²) in [5.74, 6) is -0.942. The molecule has 1 atom stereocenters. The normalized spacial score (nSPS) is 12.8. The van der Waals surface area contributed by atoms with Crippen molar-refractivity contribution in [3.8, 4) is 0 Å². The van der Waals surface area contributed by atoms with E-state index in [-0.39, 0.29) is 37.5 Å². The Morgan fingerprint density at radius 3 is 0.793 bits per heavy atom. The highest BCUT2D eigenvalue weighted by Crippen LogP contribution is 2.18. The molecule has 470 valence electrons. The molecule has 0 heterocycles. The third-order valence-electron chi connectivity index (χ3n) is 15.0. The lowest BCUT2D eigenvalue weighted by Crippen LogP contribution is -2.30. The molecule has 0 aliphatic rings. The van der Waals surface area contributed by atoms with Gasteiger partial charge in [0, 0.05) is 19.3 Å². The molecule has 6 nitrogen and oxygen atoms in total. The predicted octanol–water partition coefficient (Wildman–Crippen LogP) is 24.2. The molecule has 0 radical (unpaired) electrons. The van der Waals surface area contributed by atoms with E-state index < -0.39 is 6.10 Å². The minimum atomic E-state index is -0.804. The standard InChI is InChI=1S/C76H130O6/c1-4-7-10-13-16-19-22-25-28-31-33-35-37-38-39-41-42-45-48-51-54-57-60-63-66-69-75(78)81-72-73(71-80-74(77)68-65-62-59-56-53-50-47-44-30-27-24-21-18-15-12-9-6-3)82-76(79)70-67-64-61-58-55-52-49-46-43-40-36-34-32-29-26-23-20-17-14-11-8-5-2/h7,9-10,12,16,18-19,21,25,27-28,30,33,35,47,50,56,59,73H,4-6,8,11,13-15,17,20,22-24,26,29,31-32,34,36-46,48-49,51-55,57-58,60-72H2,1-3H3/b10-7-,12-9-,19-16-,21-18-,28-25-,30-27-,35-33-,50-47-,59-56-. The summed E-state index contributed by atoms with van der Waals surface area (Å²) in [6.45, 7) is 6.41. The molecule has 82 heavy (non-hydrogen) atoms. The summed E-state index contributed by atoms with van der Waals surface area (Å²) in [7, 11) is 0. The zero-order valence-electron chi connectivity index (χ0n) is 54.0. The van der Waals surface area contributed by atoms with E-state index in [9.17, 15) is 14.4 Å². The number of rotatable bonds is 63. The Balaban J connectivity index is 4.38. The average molecular weight is 1140 g/mol. The molecular weight excluding hydrogens is 1010 g/mol. The highest BCUT2D eigenvalue weighted by molar-refractivity contribution is 5.71. The first-order valence-corrected chi connectivity index (χ1v) is 34.9. The van der Waals surface area contributed by atoms with Gasteiger partial charge in [-0.15, -0.1) is 0 Å². The lowest BCUT2D eigenvalue weighted by atomic mass is 10.0. The maximum absolute atomic E-state index is 13.0. The Labute approximate surface area is 508 Å². The first-order chi connectivity index (χ1) is 40.5. The van der Waals surface area contributed by atoms with Crippen molar-refractivity contribution in [2.24, 2.45) is 0 Å². The molecule has 0 saturated carbocycles. The quantitative estimate of drug-likeness (QED) is 0.0261. The first-order valence-electron chi connectivity index (χ1n) is 34.9. The van der Waals surface area contributed by atoms with Crippen LogP contribution in [0.2, 0.25) is 0 Å². The number of allylic oxidation sites excluding steroid dienone is 18. The van der Waals surface area contributed by atoms with Crippen molar-refractivity contribution in [2.75, 3.05) is 13.2 Å². The van der Waals surface area contributed by atoms with Crippen LogP contribution in [-0.4, -0.2) is 37.2 Å². The van der Waals surface area contributed by atoms with Gasteiger partial charge in [0.05, 0.1) is 0 Å². The fraction of sp³-hybridized carbons (Fsp3) is 0.724. The molecule has 0 aromatic heterocycles. The topological polar surface area (TPSA) is 78.9 Å². The van der Waals surface area contributed by atoms with Gasteiger partial charge in [0.2, 0.25) is 0 Å². The van der Waals surface area contributed by atoms with Crippen LogP contribution in [0.3, 0.4) is 0 Å². The Morgan fingerprint density at radius 1 is 0.256 bits per heavy atom.